The Kier molecular flexibility index (Phi) is 55.6. The van der Waals surface area contributed by atoms with Crippen LogP contribution < -0.4 is 5.32 Å². The molecule has 61 heavy (non-hydrogen) atoms. The number of rotatable bonds is 56. The van der Waals surface area contributed by atoms with E-state index in [-0.39, 0.29) is 5.91 Å². The van der Waals surface area contributed by atoms with Gasteiger partial charge in [-0.25, -0.2) is 0 Å². The van der Waals surface area contributed by atoms with Gasteiger partial charge in [0.1, 0.15) is 0 Å². The van der Waals surface area contributed by atoms with Crippen molar-refractivity contribution in [3.05, 3.63) is 12.7 Å². The van der Waals surface area contributed by atoms with Gasteiger partial charge in [0.15, 0.2) is 0 Å². The van der Waals surface area contributed by atoms with Gasteiger partial charge in [0, 0.05) is 119 Å². The molecule has 0 heterocycles. The summed E-state index contributed by atoms with van der Waals surface area (Å²) in [4.78, 5) is 11.0. The molecular formula is C47H93NO13. The Morgan fingerprint density at radius 3 is 0.705 bits per heavy atom. The van der Waals surface area contributed by atoms with Gasteiger partial charge in [-0.2, -0.15) is 0 Å². The average Bonchev–Trinajstić information content (AvgIpc) is 3.27. The zero-order chi connectivity index (χ0) is 43.9. The Hall–Kier alpha value is -1.27. The van der Waals surface area contributed by atoms with E-state index >= 15 is 0 Å². The van der Waals surface area contributed by atoms with Gasteiger partial charge < -0.3 is 62.2 Å². The molecule has 364 valence electrons. The molecule has 1 N–H and O–H groups in total. The molecule has 1 amide bonds. The van der Waals surface area contributed by atoms with Crippen LogP contribution in [-0.2, 0) is 61.6 Å². The van der Waals surface area contributed by atoms with E-state index in [4.69, 9.17) is 56.8 Å². The molecule has 0 aliphatic heterocycles. The van der Waals surface area contributed by atoms with Gasteiger partial charge in [0.05, 0.1) is 46.2 Å². The van der Waals surface area contributed by atoms with Gasteiger partial charge >= 0.3 is 0 Å². The summed E-state index contributed by atoms with van der Waals surface area (Å²) in [5, 5.41) is 2.64. The molecule has 0 bridgehead atoms. The SMILES string of the molecule is C=CC(=O)NCCOCCOCCOCCOCCCCOCCCCOCCCCOCCCCOCCCCOCCCCOCCCCOCCCCOCCCC. The zero-order valence-corrected chi connectivity index (χ0v) is 39.0. The Bertz CT molecular complexity index is 830. The van der Waals surface area contributed by atoms with Gasteiger partial charge in [-0.3, -0.25) is 4.79 Å². The molecule has 0 atom stereocenters. The van der Waals surface area contributed by atoms with Crippen LogP contribution in [0, 0.1) is 0 Å². The van der Waals surface area contributed by atoms with Crippen LogP contribution in [-0.4, -0.2) is 171 Å². The maximum atomic E-state index is 11.0. The van der Waals surface area contributed by atoms with Crippen molar-refractivity contribution in [2.45, 2.75) is 122 Å². The molecule has 0 radical (unpaired) electrons. The molecule has 14 heteroatoms. The zero-order valence-electron chi connectivity index (χ0n) is 39.0. The lowest BCUT2D eigenvalue weighted by atomic mass is 10.3. The first kappa shape index (κ1) is 59.7. The van der Waals surface area contributed by atoms with Crippen LogP contribution in [0.2, 0.25) is 0 Å². The van der Waals surface area contributed by atoms with Crippen LogP contribution in [0.25, 0.3) is 0 Å². The molecule has 0 fully saturated rings. The van der Waals surface area contributed by atoms with E-state index in [0.29, 0.717) is 59.4 Å². The highest BCUT2D eigenvalue weighted by Crippen LogP contribution is 2.02. The number of amides is 1. The molecule has 14 nitrogen and oxygen atoms in total. The van der Waals surface area contributed by atoms with Crippen molar-refractivity contribution in [3.63, 3.8) is 0 Å². The summed E-state index contributed by atoms with van der Waals surface area (Å²) in [5.41, 5.74) is 0. The van der Waals surface area contributed by atoms with Crippen molar-refractivity contribution in [2.24, 2.45) is 0 Å². The van der Waals surface area contributed by atoms with E-state index in [9.17, 15) is 4.79 Å². The Morgan fingerprint density at radius 2 is 0.492 bits per heavy atom. The van der Waals surface area contributed by atoms with Crippen molar-refractivity contribution in [1.29, 1.82) is 0 Å². The average molecular weight is 880 g/mol. The van der Waals surface area contributed by atoms with Crippen LogP contribution in [0.5, 0.6) is 0 Å². The monoisotopic (exact) mass is 880 g/mol. The van der Waals surface area contributed by atoms with E-state index in [1.807, 2.05) is 0 Å². The Labute approximate surface area is 372 Å². The van der Waals surface area contributed by atoms with Gasteiger partial charge in [0.2, 0.25) is 5.91 Å². The van der Waals surface area contributed by atoms with Crippen LogP contribution in [0.15, 0.2) is 12.7 Å². The Morgan fingerprint density at radius 1 is 0.311 bits per heavy atom. The van der Waals surface area contributed by atoms with Crippen LogP contribution >= 0.6 is 0 Å². The number of carbonyl (C=O) groups excluding carboxylic acids is 1. The van der Waals surface area contributed by atoms with Crippen LogP contribution in [0.1, 0.15) is 122 Å². The summed E-state index contributed by atoms with van der Waals surface area (Å²) < 4.78 is 67.7. The van der Waals surface area contributed by atoms with Crippen molar-refractivity contribution in [2.75, 3.05) is 165 Å². The van der Waals surface area contributed by atoms with Crippen molar-refractivity contribution in [1.82, 2.24) is 5.32 Å². The maximum Gasteiger partial charge on any atom is 0.243 e. The van der Waals surface area contributed by atoms with Gasteiger partial charge in [-0.05, 0) is 115 Å². The third-order valence-corrected chi connectivity index (χ3v) is 9.11. The fourth-order valence-electron chi connectivity index (χ4n) is 5.41. The second kappa shape index (κ2) is 56.7. The fourth-order valence-corrected chi connectivity index (χ4v) is 5.41. The van der Waals surface area contributed by atoms with Gasteiger partial charge in [0.25, 0.3) is 0 Å². The number of unbranched alkanes of at least 4 members (excludes halogenated alkanes) is 9. The highest BCUT2D eigenvalue weighted by atomic mass is 16.6. The molecule has 0 aromatic heterocycles. The lowest BCUT2D eigenvalue weighted by Crippen LogP contribution is -2.25. The topological polar surface area (TPSA) is 140 Å². The summed E-state index contributed by atoms with van der Waals surface area (Å²) in [5.74, 6) is -0.199. The number of ether oxygens (including phenoxy) is 12. The molecule has 0 saturated carbocycles. The highest BCUT2D eigenvalue weighted by molar-refractivity contribution is 5.86. The third-order valence-electron chi connectivity index (χ3n) is 9.11. The van der Waals surface area contributed by atoms with E-state index in [1.165, 1.54) is 12.5 Å². The van der Waals surface area contributed by atoms with Crippen LogP contribution in [0.4, 0.5) is 0 Å². The molecule has 0 spiro atoms. The van der Waals surface area contributed by atoms with Gasteiger partial charge in [-0.15, -0.1) is 0 Å². The second-order valence-corrected chi connectivity index (χ2v) is 14.9. The first-order chi connectivity index (χ1) is 30.3. The van der Waals surface area contributed by atoms with Crippen molar-refractivity contribution >= 4 is 5.91 Å². The third kappa shape index (κ3) is 56.7. The van der Waals surface area contributed by atoms with E-state index < -0.39 is 0 Å². The molecule has 0 unspecified atom stereocenters. The number of carbonyl (C=O) groups is 1. The first-order valence-corrected chi connectivity index (χ1v) is 24.1. The molecule has 0 aromatic rings. The quantitative estimate of drug-likeness (QED) is 0.0476. The molecule has 0 aromatic carbocycles. The first-order valence-electron chi connectivity index (χ1n) is 24.1. The molecule has 0 rings (SSSR count). The summed E-state index contributed by atoms with van der Waals surface area (Å²) in [6.45, 7) is 23.3. The summed E-state index contributed by atoms with van der Waals surface area (Å²) >= 11 is 0. The molecule has 0 saturated heterocycles. The predicted octanol–water partition coefficient (Wildman–Crippen LogP) is 7.53. The lowest BCUT2D eigenvalue weighted by Gasteiger charge is -2.08. The maximum absolute atomic E-state index is 11.0. The summed E-state index contributed by atoms with van der Waals surface area (Å²) in [7, 11) is 0. The minimum Gasteiger partial charge on any atom is -0.381 e. The minimum atomic E-state index is -0.199. The number of nitrogens with one attached hydrogen (secondary N) is 1. The molecule has 0 aliphatic carbocycles. The largest absolute Gasteiger partial charge is 0.381 e. The summed E-state index contributed by atoms with van der Waals surface area (Å²) in [6.07, 6.45) is 20.2. The normalized spacial score (nSPS) is 11.5. The molecular weight excluding hydrogens is 787 g/mol. The van der Waals surface area contributed by atoms with E-state index in [2.05, 4.69) is 18.8 Å². The van der Waals surface area contributed by atoms with E-state index in [1.54, 1.807) is 0 Å². The summed E-state index contributed by atoms with van der Waals surface area (Å²) in [6, 6.07) is 0. The van der Waals surface area contributed by atoms with Gasteiger partial charge in [-0.1, -0.05) is 19.9 Å². The highest BCUT2D eigenvalue weighted by Gasteiger charge is 1.99. The minimum absolute atomic E-state index is 0.199. The molecule has 0 aliphatic rings. The Balaban J connectivity index is 3.07. The van der Waals surface area contributed by atoms with E-state index in [0.717, 1.165) is 215 Å². The number of hydrogen-bond donors (Lipinski definition) is 1. The smallest absolute Gasteiger partial charge is 0.243 e. The van der Waals surface area contributed by atoms with Crippen molar-refractivity contribution in [3.8, 4) is 0 Å². The second-order valence-electron chi connectivity index (χ2n) is 14.9. The number of hydrogen-bond acceptors (Lipinski definition) is 13. The predicted molar refractivity (Wildman–Crippen MR) is 242 cm³/mol. The standard InChI is InChI=1S/C47H93NO13/c1-3-5-23-50-24-6-7-25-51-26-8-9-27-52-28-10-11-29-53-30-12-13-31-54-32-14-15-33-55-34-16-17-35-56-36-18-19-37-57-38-20-21-39-58-41-43-60-45-46-61-44-42-59-40-22-48-47(49)4-2/h4H,2-3,5-46H2,1H3,(H,48,49). The fraction of sp³-hybridized carbons (Fsp3) is 0.936. The lowest BCUT2D eigenvalue weighted by molar-refractivity contribution is -0.116. The van der Waals surface area contributed by atoms with Crippen molar-refractivity contribution < 1.29 is 61.6 Å². The van der Waals surface area contributed by atoms with Crippen LogP contribution in [0.3, 0.4) is 0 Å².